The van der Waals surface area contributed by atoms with Crippen molar-refractivity contribution >= 4 is 11.3 Å². The molecule has 0 saturated carbocycles. The Balaban J connectivity index is 1.91. The van der Waals surface area contributed by atoms with Gasteiger partial charge >= 0.3 is 0 Å². The lowest BCUT2D eigenvalue weighted by atomic mass is 10.1. The maximum Gasteiger partial charge on any atom is 0.122 e. The number of benzene rings is 1. The van der Waals surface area contributed by atoms with Gasteiger partial charge in [-0.25, -0.2) is 4.98 Å². The minimum absolute atomic E-state index is 0.600. The van der Waals surface area contributed by atoms with Crippen molar-refractivity contribution in [2.45, 2.75) is 39.7 Å². The molecule has 0 amide bonds. The van der Waals surface area contributed by atoms with Crippen LogP contribution in [0.4, 0.5) is 0 Å². The van der Waals surface area contributed by atoms with Gasteiger partial charge < -0.3 is 9.84 Å². The van der Waals surface area contributed by atoms with Crippen LogP contribution < -0.4 is 4.74 Å². The van der Waals surface area contributed by atoms with Gasteiger partial charge in [0.1, 0.15) is 11.4 Å². The first-order valence-corrected chi connectivity index (χ1v) is 7.61. The summed E-state index contributed by atoms with van der Waals surface area (Å²) in [6, 6.07) is 6.18. The average molecular weight is 291 g/mol. The third-order valence-electron chi connectivity index (χ3n) is 3.08. The van der Waals surface area contributed by atoms with Crippen LogP contribution in [0.5, 0.6) is 5.75 Å². The van der Waals surface area contributed by atoms with Crippen LogP contribution >= 0.6 is 11.3 Å². The van der Waals surface area contributed by atoms with Crippen LogP contribution in [0.2, 0.25) is 0 Å². The van der Waals surface area contributed by atoms with Crippen molar-refractivity contribution in [3.8, 4) is 5.75 Å². The molecule has 3 nitrogen and oxygen atoms in total. The molecule has 1 N–H and O–H groups in total. The van der Waals surface area contributed by atoms with E-state index in [1.54, 1.807) is 25.2 Å². The summed E-state index contributed by atoms with van der Waals surface area (Å²) in [7, 11) is 0. The van der Waals surface area contributed by atoms with Gasteiger partial charge in [-0.1, -0.05) is 17.7 Å². The molecule has 1 aromatic carbocycles. The average Bonchev–Trinajstić information content (AvgIpc) is 2.80. The predicted octanol–water partition coefficient (Wildman–Crippen LogP) is 3.61. The number of nitrogens with zero attached hydrogens (tertiary/aromatic N) is 1. The van der Waals surface area contributed by atoms with Crippen molar-refractivity contribution in [1.29, 1.82) is 0 Å². The van der Waals surface area contributed by atoms with Crippen LogP contribution in [0.25, 0.3) is 0 Å². The lowest BCUT2D eigenvalue weighted by Gasteiger charge is -2.13. The number of aromatic nitrogens is 1. The summed E-state index contributed by atoms with van der Waals surface area (Å²) in [5.41, 5.74) is 2.25. The standard InChI is InChI=1S/C16H21NO2S/c1-11-5-6-13(12(2)9-11)19-8-7-15-17-14(10-20-15)16(3,4)18/h5-6,9-10,18H,7-8H2,1-4H3. The Morgan fingerprint density at radius 3 is 2.65 bits per heavy atom. The molecule has 2 aromatic rings. The van der Waals surface area contributed by atoms with Gasteiger partial charge in [0.25, 0.3) is 0 Å². The third kappa shape index (κ3) is 3.81. The van der Waals surface area contributed by atoms with Crippen molar-refractivity contribution in [3.05, 3.63) is 45.4 Å². The fourth-order valence-electron chi connectivity index (χ4n) is 1.92. The molecule has 20 heavy (non-hydrogen) atoms. The number of hydrogen-bond donors (Lipinski definition) is 1. The smallest absolute Gasteiger partial charge is 0.122 e. The summed E-state index contributed by atoms with van der Waals surface area (Å²) < 4.78 is 5.79. The molecule has 0 radical (unpaired) electrons. The number of rotatable bonds is 5. The van der Waals surface area contributed by atoms with Gasteiger partial charge in [0, 0.05) is 11.8 Å². The quantitative estimate of drug-likeness (QED) is 0.915. The molecule has 0 aliphatic heterocycles. The summed E-state index contributed by atoms with van der Waals surface area (Å²) in [6.07, 6.45) is 0.758. The molecular weight excluding hydrogens is 270 g/mol. The van der Waals surface area contributed by atoms with E-state index in [1.165, 1.54) is 5.56 Å². The van der Waals surface area contributed by atoms with Crippen molar-refractivity contribution in [2.24, 2.45) is 0 Å². The van der Waals surface area contributed by atoms with Crippen molar-refractivity contribution in [3.63, 3.8) is 0 Å². The first-order chi connectivity index (χ1) is 9.36. The molecule has 4 heteroatoms. The zero-order valence-corrected chi connectivity index (χ0v) is 13.3. The highest BCUT2D eigenvalue weighted by Crippen LogP contribution is 2.23. The van der Waals surface area contributed by atoms with Gasteiger partial charge in [0.15, 0.2) is 0 Å². The summed E-state index contributed by atoms with van der Waals surface area (Å²) in [4.78, 5) is 4.44. The summed E-state index contributed by atoms with van der Waals surface area (Å²) >= 11 is 1.57. The fourth-order valence-corrected chi connectivity index (χ4v) is 2.86. The van der Waals surface area contributed by atoms with Crippen LogP contribution in [0.1, 0.15) is 35.7 Å². The van der Waals surface area contributed by atoms with Gasteiger partial charge in [-0.3, -0.25) is 0 Å². The molecule has 0 spiro atoms. The maximum absolute atomic E-state index is 9.88. The second-order valence-corrected chi connectivity index (χ2v) is 6.50. The molecule has 0 bridgehead atoms. The Bertz CT molecular complexity index is 584. The number of hydrogen-bond acceptors (Lipinski definition) is 4. The minimum atomic E-state index is -0.872. The van der Waals surface area contributed by atoms with E-state index in [9.17, 15) is 5.11 Å². The van der Waals surface area contributed by atoms with Gasteiger partial charge in [-0.2, -0.15) is 0 Å². The fraction of sp³-hybridized carbons (Fsp3) is 0.438. The first-order valence-electron chi connectivity index (χ1n) is 6.73. The van der Waals surface area contributed by atoms with Crippen LogP contribution in [0.15, 0.2) is 23.6 Å². The minimum Gasteiger partial charge on any atom is -0.493 e. The highest BCUT2D eigenvalue weighted by Gasteiger charge is 2.19. The van der Waals surface area contributed by atoms with E-state index in [-0.39, 0.29) is 0 Å². The van der Waals surface area contributed by atoms with E-state index in [1.807, 2.05) is 11.4 Å². The Kier molecular flexibility index (Phi) is 4.45. The van der Waals surface area contributed by atoms with Gasteiger partial charge in [0.05, 0.1) is 17.3 Å². The Morgan fingerprint density at radius 2 is 2.05 bits per heavy atom. The first kappa shape index (κ1) is 15.0. The highest BCUT2D eigenvalue weighted by atomic mass is 32.1. The second kappa shape index (κ2) is 5.94. The molecule has 0 saturated heterocycles. The van der Waals surface area contributed by atoms with Crippen LogP contribution in [0, 0.1) is 13.8 Å². The second-order valence-electron chi connectivity index (χ2n) is 5.55. The summed E-state index contributed by atoms with van der Waals surface area (Å²) in [5.74, 6) is 0.926. The zero-order valence-electron chi connectivity index (χ0n) is 12.4. The molecule has 108 valence electrons. The molecular formula is C16H21NO2S. The molecule has 0 unspecified atom stereocenters. The van der Waals surface area contributed by atoms with Crippen LogP contribution in [-0.2, 0) is 12.0 Å². The molecule has 1 aromatic heterocycles. The van der Waals surface area contributed by atoms with Crippen molar-refractivity contribution in [1.82, 2.24) is 4.98 Å². The number of aliphatic hydroxyl groups is 1. The largest absolute Gasteiger partial charge is 0.493 e. The third-order valence-corrected chi connectivity index (χ3v) is 3.99. The number of aryl methyl sites for hydroxylation is 2. The topological polar surface area (TPSA) is 42.4 Å². The van der Waals surface area contributed by atoms with Gasteiger partial charge in [0.2, 0.25) is 0 Å². The molecule has 0 fully saturated rings. The Morgan fingerprint density at radius 1 is 1.30 bits per heavy atom. The van der Waals surface area contributed by atoms with Crippen LogP contribution in [0.3, 0.4) is 0 Å². The van der Waals surface area contributed by atoms with E-state index in [0.717, 1.165) is 28.4 Å². The van der Waals surface area contributed by atoms with E-state index in [4.69, 9.17) is 4.74 Å². The van der Waals surface area contributed by atoms with Gasteiger partial charge in [-0.05, 0) is 39.3 Å². The predicted molar refractivity (Wildman–Crippen MR) is 82.5 cm³/mol. The summed E-state index contributed by atoms with van der Waals surface area (Å²) in [6.45, 7) is 8.22. The van der Waals surface area contributed by atoms with Crippen LogP contribution in [-0.4, -0.2) is 16.7 Å². The zero-order chi connectivity index (χ0) is 14.8. The molecule has 0 atom stereocenters. The molecule has 2 rings (SSSR count). The summed E-state index contributed by atoms with van der Waals surface area (Å²) in [5, 5.41) is 12.8. The normalized spacial score (nSPS) is 11.7. The lowest BCUT2D eigenvalue weighted by Crippen LogP contribution is -2.16. The maximum atomic E-state index is 9.88. The lowest BCUT2D eigenvalue weighted by molar-refractivity contribution is 0.0743. The molecule has 0 aliphatic carbocycles. The molecule has 0 aliphatic rings. The number of ether oxygens (including phenoxy) is 1. The SMILES string of the molecule is Cc1ccc(OCCc2nc(C(C)(C)O)cs2)c(C)c1. The van der Waals surface area contributed by atoms with E-state index < -0.39 is 5.60 Å². The van der Waals surface area contributed by atoms with Gasteiger partial charge in [-0.15, -0.1) is 11.3 Å². The van der Waals surface area contributed by atoms with E-state index in [0.29, 0.717) is 6.61 Å². The Hall–Kier alpha value is -1.39. The van der Waals surface area contributed by atoms with Crippen molar-refractivity contribution < 1.29 is 9.84 Å². The van der Waals surface area contributed by atoms with E-state index in [2.05, 4.69) is 31.0 Å². The molecule has 1 heterocycles. The number of thiazole rings is 1. The highest BCUT2D eigenvalue weighted by molar-refractivity contribution is 7.09. The monoisotopic (exact) mass is 291 g/mol. The van der Waals surface area contributed by atoms with E-state index >= 15 is 0 Å². The Labute approximate surface area is 124 Å². The van der Waals surface area contributed by atoms with Crippen molar-refractivity contribution in [2.75, 3.05) is 6.61 Å².